The van der Waals surface area contributed by atoms with Crippen LogP contribution in [0.3, 0.4) is 0 Å². The van der Waals surface area contributed by atoms with Crippen molar-refractivity contribution in [2.75, 3.05) is 13.6 Å². The summed E-state index contributed by atoms with van der Waals surface area (Å²) in [5.41, 5.74) is 3.32. The standard InChI is InChI=1S/C21H23N5OS/c1-25(13-15-10-24-26(2)14-15)21(27)23-12-18(20-8-5-9-28-20)17-11-22-19-7-4-3-6-16(17)19/h3-11,14,18,22H,12-13H2,1-2H3,(H,23,27). The molecule has 144 valence electrons. The van der Waals surface area contributed by atoms with Gasteiger partial charge in [-0.3, -0.25) is 4.68 Å². The molecule has 3 heterocycles. The minimum Gasteiger partial charge on any atom is -0.361 e. The first kappa shape index (κ1) is 18.3. The highest BCUT2D eigenvalue weighted by molar-refractivity contribution is 7.10. The molecule has 0 saturated carbocycles. The van der Waals surface area contributed by atoms with Crippen LogP contribution in [-0.2, 0) is 13.6 Å². The monoisotopic (exact) mass is 393 g/mol. The summed E-state index contributed by atoms with van der Waals surface area (Å²) in [6, 6.07) is 12.4. The molecule has 0 saturated heterocycles. The lowest BCUT2D eigenvalue weighted by Crippen LogP contribution is -2.38. The third-order valence-electron chi connectivity index (χ3n) is 4.87. The summed E-state index contributed by atoms with van der Waals surface area (Å²) in [7, 11) is 3.67. The van der Waals surface area contributed by atoms with Crippen molar-refractivity contribution in [1.82, 2.24) is 25.0 Å². The minimum absolute atomic E-state index is 0.0924. The maximum absolute atomic E-state index is 12.6. The van der Waals surface area contributed by atoms with E-state index in [9.17, 15) is 4.79 Å². The van der Waals surface area contributed by atoms with Crippen LogP contribution in [0.25, 0.3) is 10.9 Å². The number of benzene rings is 1. The molecule has 7 heteroatoms. The molecule has 0 aliphatic rings. The van der Waals surface area contributed by atoms with Crippen molar-refractivity contribution in [3.8, 4) is 0 Å². The number of nitrogens with one attached hydrogen (secondary N) is 2. The normalized spacial score (nSPS) is 12.2. The number of thiophene rings is 1. The lowest BCUT2D eigenvalue weighted by molar-refractivity contribution is 0.206. The van der Waals surface area contributed by atoms with Crippen LogP contribution in [0.5, 0.6) is 0 Å². The topological polar surface area (TPSA) is 66.0 Å². The highest BCUT2D eigenvalue weighted by Gasteiger charge is 2.21. The van der Waals surface area contributed by atoms with Gasteiger partial charge in [-0.15, -0.1) is 11.3 Å². The van der Waals surface area contributed by atoms with Crippen molar-refractivity contribution >= 4 is 28.3 Å². The first-order valence-corrected chi connectivity index (χ1v) is 10.1. The van der Waals surface area contributed by atoms with E-state index < -0.39 is 0 Å². The summed E-state index contributed by atoms with van der Waals surface area (Å²) in [4.78, 5) is 18.9. The Hall–Kier alpha value is -3.06. The molecule has 1 unspecified atom stereocenters. The molecule has 2 N–H and O–H groups in total. The number of para-hydroxylation sites is 1. The van der Waals surface area contributed by atoms with Gasteiger partial charge in [0, 0.05) is 60.3 Å². The Balaban J connectivity index is 1.50. The number of nitrogens with zero attached hydrogens (tertiary/aromatic N) is 3. The molecule has 0 bridgehead atoms. The molecule has 2 amide bonds. The summed E-state index contributed by atoms with van der Waals surface area (Å²) >= 11 is 1.71. The average molecular weight is 394 g/mol. The van der Waals surface area contributed by atoms with E-state index in [1.54, 1.807) is 34.2 Å². The molecule has 0 radical (unpaired) electrons. The summed E-state index contributed by atoms with van der Waals surface area (Å²) in [5.74, 6) is 0.104. The van der Waals surface area contributed by atoms with E-state index in [2.05, 4.69) is 51.2 Å². The van der Waals surface area contributed by atoms with Crippen molar-refractivity contribution < 1.29 is 4.79 Å². The smallest absolute Gasteiger partial charge is 0.317 e. The average Bonchev–Trinajstić information content (AvgIpc) is 3.44. The Morgan fingerprint density at radius 1 is 1.32 bits per heavy atom. The number of carbonyl (C=O) groups is 1. The van der Waals surface area contributed by atoms with Gasteiger partial charge in [-0.25, -0.2) is 4.79 Å². The minimum atomic E-state index is -0.0924. The number of aromatic amines is 1. The van der Waals surface area contributed by atoms with Gasteiger partial charge in [0.05, 0.1) is 12.7 Å². The van der Waals surface area contributed by atoms with Crippen molar-refractivity contribution in [1.29, 1.82) is 0 Å². The molecule has 4 aromatic rings. The molecule has 6 nitrogen and oxygen atoms in total. The molecule has 0 fully saturated rings. The quantitative estimate of drug-likeness (QED) is 0.521. The summed E-state index contributed by atoms with van der Waals surface area (Å²) < 4.78 is 1.74. The second kappa shape index (κ2) is 7.90. The first-order chi connectivity index (χ1) is 13.6. The van der Waals surface area contributed by atoms with Crippen LogP contribution in [0.1, 0.15) is 21.9 Å². The number of aryl methyl sites for hydroxylation is 1. The number of hydrogen-bond donors (Lipinski definition) is 2. The van der Waals surface area contributed by atoms with E-state index in [-0.39, 0.29) is 11.9 Å². The number of hydrogen-bond acceptors (Lipinski definition) is 3. The van der Waals surface area contributed by atoms with Gasteiger partial charge in [-0.2, -0.15) is 5.10 Å². The van der Waals surface area contributed by atoms with Crippen molar-refractivity contribution in [3.63, 3.8) is 0 Å². The van der Waals surface area contributed by atoms with Gasteiger partial charge in [0.2, 0.25) is 0 Å². The molecule has 1 atom stereocenters. The fourth-order valence-electron chi connectivity index (χ4n) is 3.46. The number of H-pyrrole nitrogens is 1. The molecule has 1 aromatic carbocycles. The second-order valence-electron chi connectivity index (χ2n) is 6.92. The van der Waals surface area contributed by atoms with Gasteiger partial charge in [-0.1, -0.05) is 24.3 Å². The maximum Gasteiger partial charge on any atom is 0.317 e. The number of aromatic nitrogens is 3. The molecular formula is C21H23N5OS. The number of rotatable bonds is 6. The van der Waals surface area contributed by atoms with Gasteiger partial charge in [0.15, 0.2) is 0 Å². The lowest BCUT2D eigenvalue weighted by atomic mass is 9.97. The molecule has 3 aromatic heterocycles. The van der Waals surface area contributed by atoms with Crippen molar-refractivity contribution in [2.24, 2.45) is 7.05 Å². The van der Waals surface area contributed by atoms with Crippen LogP contribution in [0.2, 0.25) is 0 Å². The van der Waals surface area contributed by atoms with E-state index in [0.29, 0.717) is 13.1 Å². The van der Waals surface area contributed by atoms with Crippen LogP contribution >= 0.6 is 11.3 Å². The van der Waals surface area contributed by atoms with Gasteiger partial charge in [0.1, 0.15) is 0 Å². The zero-order chi connectivity index (χ0) is 19.5. The highest BCUT2D eigenvalue weighted by atomic mass is 32.1. The molecular weight excluding hydrogens is 370 g/mol. The van der Waals surface area contributed by atoms with Gasteiger partial charge >= 0.3 is 6.03 Å². The van der Waals surface area contributed by atoms with Crippen molar-refractivity contribution in [3.05, 3.63) is 76.4 Å². The van der Waals surface area contributed by atoms with E-state index >= 15 is 0 Å². The van der Waals surface area contributed by atoms with Crippen LogP contribution in [0.4, 0.5) is 4.79 Å². The van der Waals surface area contributed by atoms with E-state index in [1.807, 2.05) is 25.4 Å². The zero-order valence-electron chi connectivity index (χ0n) is 15.9. The SMILES string of the molecule is CN(Cc1cnn(C)c1)C(=O)NCC(c1cccs1)c1c[nH]c2ccccc12. The van der Waals surface area contributed by atoms with E-state index in [4.69, 9.17) is 0 Å². The van der Waals surface area contributed by atoms with Crippen molar-refractivity contribution in [2.45, 2.75) is 12.5 Å². The molecule has 0 spiro atoms. The molecule has 0 aliphatic heterocycles. The Bertz CT molecular complexity index is 1070. The fraction of sp³-hybridized carbons (Fsp3) is 0.238. The third kappa shape index (κ3) is 3.80. The van der Waals surface area contributed by atoms with Crippen LogP contribution in [0.15, 0.2) is 60.4 Å². The lowest BCUT2D eigenvalue weighted by Gasteiger charge is -2.21. The van der Waals surface area contributed by atoms with E-state index in [1.165, 1.54) is 15.8 Å². The van der Waals surface area contributed by atoms with Gasteiger partial charge in [-0.05, 0) is 23.1 Å². The molecule has 0 aliphatic carbocycles. The number of amides is 2. The largest absolute Gasteiger partial charge is 0.361 e. The van der Waals surface area contributed by atoms with Crippen LogP contribution < -0.4 is 5.32 Å². The Morgan fingerprint density at radius 3 is 2.93 bits per heavy atom. The number of carbonyl (C=O) groups excluding carboxylic acids is 1. The zero-order valence-corrected chi connectivity index (χ0v) is 16.7. The number of fused-ring (bicyclic) bond motifs is 1. The number of urea groups is 1. The summed E-state index contributed by atoms with van der Waals surface area (Å²) in [5, 5.41) is 10.5. The third-order valence-corrected chi connectivity index (χ3v) is 5.85. The highest BCUT2D eigenvalue weighted by Crippen LogP contribution is 2.32. The summed E-state index contributed by atoms with van der Waals surface area (Å²) in [6.45, 7) is 1.06. The van der Waals surface area contributed by atoms with Crippen LogP contribution in [-0.4, -0.2) is 39.3 Å². The predicted octanol–water partition coefficient (Wildman–Crippen LogP) is 3.94. The Kier molecular flexibility index (Phi) is 5.16. The van der Waals surface area contributed by atoms with Gasteiger partial charge < -0.3 is 15.2 Å². The second-order valence-corrected chi connectivity index (χ2v) is 7.90. The first-order valence-electron chi connectivity index (χ1n) is 9.17. The fourth-order valence-corrected chi connectivity index (χ4v) is 4.31. The van der Waals surface area contributed by atoms with E-state index in [0.717, 1.165) is 11.1 Å². The van der Waals surface area contributed by atoms with Gasteiger partial charge in [0.25, 0.3) is 0 Å². The molecule has 4 rings (SSSR count). The summed E-state index contributed by atoms with van der Waals surface area (Å²) in [6.07, 6.45) is 5.76. The predicted molar refractivity (Wildman–Crippen MR) is 113 cm³/mol. The Morgan fingerprint density at radius 2 is 2.18 bits per heavy atom. The Labute approximate surface area is 167 Å². The molecule has 28 heavy (non-hydrogen) atoms. The maximum atomic E-state index is 12.6. The van der Waals surface area contributed by atoms with Crippen LogP contribution in [0, 0.1) is 0 Å².